The molecule has 6 heteroatoms. The Labute approximate surface area is 155 Å². The number of amides is 4. The summed E-state index contributed by atoms with van der Waals surface area (Å²) < 4.78 is 0. The van der Waals surface area contributed by atoms with Gasteiger partial charge in [-0.2, -0.15) is 0 Å². The molecule has 0 radical (unpaired) electrons. The normalized spacial score (nSPS) is 14.4. The topological polar surface area (TPSA) is 78.5 Å². The molecule has 26 heavy (non-hydrogen) atoms. The average molecular weight is 359 g/mol. The summed E-state index contributed by atoms with van der Waals surface area (Å²) in [6.07, 6.45) is 1.36. The van der Waals surface area contributed by atoms with Crippen molar-refractivity contribution in [2.75, 3.05) is 13.1 Å². The molecule has 0 spiro atoms. The molecule has 0 aliphatic carbocycles. The van der Waals surface area contributed by atoms with Crippen molar-refractivity contribution >= 4 is 17.8 Å². The van der Waals surface area contributed by atoms with E-state index in [4.69, 9.17) is 0 Å². The Morgan fingerprint density at radius 3 is 2.04 bits per heavy atom. The fourth-order valence-corrected chi connectivity index (χ4v) is 3.60. The van der Waals surface area contributed by atoms with Gasteiger partial charge in [0, 0.05) is 18.6 Å². The third kappa shape index (κ3) is 5.07. The van der Waals surface area contributed by atoms with Crippen LogP contribution >= 0.6 is 0 Å². The Bertz CT molecular complexity index is 669. The SMILES string of the molecule is CC(C)(C)CC(C)(C)NC(=O)NCCCN1C(=O)c2ccccc2C1=O. The first-order valence-electron chi connectivity index (χ1n) is 9.01. The summed E-state index contributed by atoms with van der Waals surface area (Å²) in [7, 11) is 0. The number of fused-ring (bicyclic) bond motifs is 1. The first kappa shape index (κ1) is 19.9. The van der Waals surface area contributed by atoms with Gasteiger partial charge in [-0.15, -0.1) is 0 Å². The summed E-state index contributed by atoms with van der Waals surface area (Å²) >= 11 is 0. The lowest BCUT2D eigenvalue weighted by Gasteiger charge is -2.33. The molecule has 1 aromatic carbocycles. The number of imide groups is 1. The van der Waals surface area contributed by atoms with E-state index < -0.39 is 0 Å². The van der Waals surface area contributed by atoms with Crippen molar-refractivity contribution < 1.29 is 14.4 Å². The number of rotatable bonds is 6. The van der Waals surface area contributed by atoms with Crippen molar-refractivity contribution in [3.63, 3.8) is 0 Å². The van der Waals surface area contributed by atoms with Crippen LogP contribution in [0.15, 0.2) is 24.3 Å². The number of nitrogens with zero attached hydrogens (tertiary/aromatic N) is 1. The highest BCUT2D eigenvalue weighted by atomic mass is 16.2. The molecule has 6 nitrogen and oxygen atoms in total. The molecule has 142 valence electrons. The second-order valence-corrected chi connectivity index (χ2v) is 8.66. The summed E-state index contributed by atoms with van der Waals surface area (Å²) in [5, 5.41) is 5.78. The molecule has 0 fully saturated rings. The molecule has 0 saturated carbocycles. The second-order valence-electron chi connectivity index (χ2n) is 8.66. The van der Waals surface area contributed by atoms with Crippen LogP contribution in [0.4, 0.5) is 4.79 Å². The number of nitrogens with one attached hydrogen (secondary N) is 2. The second kappa shape index (κ2) is 7.48. The van der Waals surface area contributed by atoms with E-state index in [1.54, 1.807) is 24.3 Å². The van der Waals surface area contributed by atoms with E-state index in [9.17, 15) is 14.4 Å². The smallest absolute Gasteiger partial charge is 0.315 e. The Balaban J connectivity index is 1.77. The standard InChI is InChI=1S/C20H29N3O3/c1-19(2,3)13-20(4,5)22-18(26)21-11-8-12-23-16(24)14-9-6-7-10-15(14)17(23)25/h6-7,9-10H,8,11-13H2,1-5H3,(H2,21,22,26). The van der Waals surface area contributed by atoms with Crippen LogP contribution in [0.3, 0.4) is 0 Å². The Kier molecular flexibility index (Phi) is 5.74. The minimum Gasteiger partial charge on any atom is -0.338 e. The van der Waals surface area contributed by atoms with Crippen LogP contribution in [0.2, 0.25) is 0 Å². The predicted octanol–water partition coefficient (Wildman–Crippen LogP) is 3.19. The lowest BCUT2D eigenvalue weighted by molar-refractivity contribution is 0.0653. The van der Waals surface area contributed by atoms with E-state index in [0.717, 1.165) is 6.42 Å². The van der Waals surface area contributed by atoms with Crippen molar-refractivity contribution in [3.05, 3.63) is 35.4 Å². The van der Waals surface area contributed by atoms with E-state index in [1.807, 2.05) is 13.8 Å². The summed E-state index contributed by atoms with van der Waals surface area (Å²) in [6.45, 7) is 11.1. The van der Waals surface area contributed by atoms with Crippen LogP contribution in [0.25, 0.3) is 0 Å². The van der Waals surface area contributed by atoms with Crippen LogP contribution in [-0.4, -0.2) is 41.4 Å². The highest BCUT2D eigenvalue weighted by Crippen LogP contribution is 2.26. The van der Waals surface area contributed by atoms with E-state index in [-0.39, 0.29) is 35.3 Å². The third-order valence-electron chi connectivity index (χ3n) is 4.15. The van der Waals surface area contributed by atoms with Crippen molar-refractivity contribution in [1.82, 2.24) is 15.5 Å². The van der Waals surface area contributed by atoms with E-state index >= 15 is 0 Å². The van der Waals surface area contributed by atoms with Gasteiger partial charge in [0.2, 0.25) is 0 Å². The van der Waals surface area contributed by atoms with Gasteiger partial charge >= 0.3 is 6.03 Å². The summed E-state index contributed by atoms with van der Waals surface area (Å²) in [5.74, 6) is -0.525. The van der Waals surface area contributed by atoms with E-state index in [1.165, 1.54) is 4.90 Å². The van der Waals surface area contributed by atoms with Crippen molar-refractivity contribution in [3.8, 4) is 0 Å². The number of carbonyl (C=O) groups is 3. The maximum atomic E-state index is 12.3. The molecule has 0 aromatic heterocycles. The Morgan fingerprint density at radius 1 is 1.00 bits per heavy atom. The Morgan fingerprint density at radius 2 is 1.54 bits per heavy atom. The number of hydrogen-bond acceptors (Lipinski definition) is 3. The molecule has 0 saturated heterocycles. The molecule has 1 heterocycles. The minimum atomic E-state index is -0.315. The third-order valence-corrected chi connectivity index (χ3v) is 4.15. The number of carbonyl (C=O) groups excluding carboxylic acids is 3. The zero-order chi connectivity index (χ0) is 19.5. The highest BCUT2D eigenvalue weighted by Gasteiger charge is 2.34. The van der Waals surface area contributed by atoms with Crippen LogP contribution < -0.4 is 10.6 Å². The summed E-state index contributed by atoms with van der Waals surface area (Å²) in [6, 6.07) is 6.59. The summed E-state index contributed by atoms with van der Waals surface area (Å²) in [4.78, 5) is 37.8. The number of urea groups is 1. The molecule has 0 atom stereocenters. The van der Waals surface area contributed by atoms with Gasteiger partial charge in [-0.05, 0) is 44.2 Å². The molecular weight excluding hydrogens is 330 g/mol. The lowest BCUT2D eigenvalue weighted by atomic mass is 9.82. The maximum Gasteiger partial charge on any atom is 0.315 e. The lowest BCUT2D eigenvalue weighted by Crippen LogP contribution is -2.50. The van der Waals surface area contributed by atoms with Crippen molar-refractivity contribution in [2.45, 2.75) is 53.0 Å². The van der Waals surface area contributed by atoms with Gasteiger partial charge in [0.15, 0.2) is 0 Å². The van der Waals surface area contributed by atoms with Gasteiger partial charge in [0.1, 0.15) is 0 Å². The molecular formula is C20H29N3O3. The van der Waals surface area contributed by atoms with Crippen molar-refractivity contribution in [2.24, 2.45) is 5.41 Å². The minimum absolute atomic E-state index is 0.113. The van der Waals surface area contributed by atoms with Crippen LogP contribution in [0.5, 0.6) is 0 Å². The quantitative estimate of drug-likeness (QED) is 0.605. The first-order chi connectivity index (χ1) is 12.0. The van der Waals surface area contributed by atoms with Gasteiger partial charge in [-0.3, -0.25) is 14.5 Å². The molecule has 0 bridgehead atoms. The largest absolute Gasteiger partial charge is 0.338 e. The zero-order valence-electron chi connectivity index (χ0n) is 16.3. The van der Waals surface area contributed by atoms with Crippen LogP contribution in [0, 0.1) is 5.41 Å². The highest BCUT2D eigenvalue weighted by molar-refractivity contribution is 6.21. The number of benzene rings is 1. The van der Waals surface area contributed by atoms with E-state index in [0.29, 0.717) is 24.1 Å². The van der Waals surface area contributed by atoms with E-state index in [2.05, 4.69) is 31.4 Å². The Hall–Kier alpha value is -2.37. The summed E-state index contributed by atoms with van der Waals surface area (Å²) in [5.41, 5.74) is 0.701. The molecule has 2 rings (SSSR count). The van der Waals surface area contributed by atoms with Gasteiger partial charge in [0.25, 0.3) is 11.8 Å². The number of hydrogen-bond donors (Lipinski definition) is 2. The van der Waals surface area contributed by atoms with Gasteiger partial charge in [0.05, 0.1) is 11.1 Å². The van der Waals surface area contributed by atoms with Gasteiger partial charge < -0.3 is 10.6 Å². The fraction of sp³-hybridized carbons (Fsp3) is 0.550. The molecule has 2 N–H and O–H groups in total. The first-order valence-corrected chi connectivity index (χ1v) is 9.01. The van der Waals surface area contributed by atoms with Crippen LogP contribution in [0.1, 0.15) is 68.2 Å². The fourth-order valence-electron chi connectivity index (χ4n) is 3.60. The average Bonchev–Trinajstić information content (AvgIpc) is 2.73. The van der Waals surface area contributed by atoms with Crippen LogP contribution in [-0.2, 0) is 0 Å². The van der Waals surface area contributed by atoms with Crippen molar-refractivity contribution in [1.29, 1.82) is 0 Å². The predicted molar refractivity (Wildman–Crippen MR) is 101 cm³/mol. The molecule has 4 amide bonds. The van der Waals surface area contributed by atoms with Gasteiger partial charge in [-0.1, -0.05) is 32.9 Å². The zero-order valence-corrected chi connectivity index (χ0v) is 16.3. The monoisotopic (exact) mass is 359 g/mol. The molecule has 1 aliphatic rings. The molecule has 1 aliphatic heterocycles. The van der Waals surface area contributed by atoms with Gasteiger partial charge in [-0.25, -0.2) is 4.79 Å². The molecule has 1 aromatic rings. The molecule has 0 unspecified atom stereocenters. The maximum absolute atomic E-state index is 12.3.